The number of unbranched alkanes of at least 4 members (excludes halogenated alkanes) is 2. The van der Waals surface area contributed by atoms with Gasteiger partial charge in [-0.25, -0.2) is 0 Å². The van der Waals surface area contributed by atoms with E-state index in [-0.39, 0.29) is 18.2 Å². The fourth-order valence-electron chi connectivity index (χ4n) is 3.80. The smallest absolute Gasteiger partial charge is 0.236 e. The molecular weight excluding hydrogens is 396 g/mol. The third-order valence-corrected chi connectivity index (χ3v) is 5.70. The molecule has 2 N–H and O–H groups in total. The molecule has 0 radical (unpaired) electrons. The number of Topliss-reactive ketones (excluding diaryl/α,β-unsaturated/α-hetero) is 1. The summed E-state index contributed by atoms with van der Waals surface area (Å²) in [6.07, 6.45) is 4.75. The Hall–Kier alpha value is -3.24. The molecule has 0 atom stereocenters. The van der Waals surface area contributed by atoms with Gasteiger partial charge in [0.25, 0.3) is 0 Å². The number of hydrogen-bond donors (Lipinski definition) is 1. The lowest BCUT2D eigenvalue weighted by molar-refractivity contribution is -0.128. The van der Waals surface area contributed by atoms with Crippen molar-refractivity contribution in [3.63, 3.8) is 0 Å². The van der Waals surface area contributed by atoms with Crippen molar-refractivity contribution in [1.82, 2.24) is 4.90 Å². The van der Waals surface area contributed by atoms with E-state index in [1.54, 1.807) is 11.9 Å². The number of amides is 1. The number of nitrogens with two attached hydrogens (primary N) is 1. The van der Waals surface area contributed by atoms with Crippen molar-refractivity contribution in [2.75, 3.05) is 13.6 Å². The van der Waals surface area contributed by atoms with Gasteiger partial charge in [-0.05, 0) is 47.6 Å². The van der Waals surface area contributed by atoms with Gasteiger partial charge in [-0.2, -0.15) is 0 Å². The molecule has 0 aliphatic heterocycles. The maximum atomic E-state index is 12.5. The number of aryl methyl sites for hydroxylation is 1. The van der Waals surface area contributed by atoms with Gasteiger partial charge >= 0.3 is 0 Å². The van der Waals surface area contributed by atoms with E-state index in [1.165, 1.54) is 5.56 Å². The zero-order valence-corrected chi connectivity index (χ0v) is 18.8. The number of nitrogens with zero attached hydrogens (tertiary/aromatic N) is 1. The van der Waals surface area contributed by atoms with Gasteiger partial charge in [0.1, 0.15) is 0 Å². The first kappa shape index (κ1) is 23.4. The second-order valence-corrected chi connectivity index (χ2v) is 8.20. The minimum Gasteiger partial charge on any atom is -0.340 e. The summed E-state index contributed by atoms with van der Waals surface area (Å²) in [7, 11) is 1.75. The molecule has 4 nitrogen and oxygen atoms in total. The van der Waals surface area contributed by atoms with Crippen molar-refractivity contribution in [2.24, 2.45) is 5.73 Å². The molecule has 0 spiro atoms. The van der Waals surface area contributed by atoms with Gasteiger partial charge in [0.15, 0.2) is 5.78 Å². The Labute approximate surface area is 191 Å². The van der Waals surface area contributed by atoms with Crippen molar-refractivity contribution < 1.29 is 9.59 Å². The van der Waals surface area contributed by atoms with Crippen LogP contribution in [0.25, 0.3) is 11.1 Å². The standard InChI is InChI=1S/C28H32N2O2/c1-30(28(32)20-29)21-23-12-8-13-26(19-23)24-15-17-25(18-16-24)27(31)14-7-3-6-11-22-9-4-2-5-10-22/h2,4-5,8-10,12-13,15-19H,3,6-7,11,14,20-21,29H2,1H3. The Kier molecular flexibility index (Phi) is 8.76. The molecule has 4 heteroatoms. The highest BCUT2D eigenvalue weighted by Gasteiger charge is 2.09. The number of carbonyl (C=O) groups excluding carboxylic acids is 2. The van der Waals surface area contributed by atoms with E-state index in [9.17, 15) is 9.59 Å². The monoisotopic (exact) mass is 428 g/mol. The van der Waals surface area contributed by atoms with Gasteiger partial charge in [-0.3, -0.25) is 9.59 Å². The predicted octanol–water partition coefficient (Wildman–Crippen LogP) is 5.26. The van der Waals surface area contributed by atoms with Crippen LogP contribution in [0.5, 0.6) is 0 Å². The van der Waals surface area contributed by atoms with E-state index in [4.69, 9.17) is 5.73 Å². The molecule has 0 bridgehead atoms. The van der Waals surface area contributed by atoms with Crippen LogP contribution in [-0.2, 0) is 17.8 Å². The van der Waals surface area contributed by atoms with Gasteiger partial charge in [0.05, 0.1) is 6.54 Å². The van der Waals surface area contributed by atoms with Crippen molar-refractivity contribution in [2.45, 2.75) is 38.6 Å². The minimum atomic E-state index is -0.0849. The lowest BCUT2D eigenvalue weighted by Gasteiger charge is -2.16. The Morgan fingerprint density at radius 2 is 1.50 bits per heavy atom. The zero-order valence-electron chi connectivity index (χ0n) is 18.8. The molecule has 0 aromatic heterocycles. The normalized spacial score (nSPS) is 10.7. The van der Waals surface area contributed by atoms with E-state index in [2.05, 4.69) is 30.3 Å². The fraction of sp³-hybridized carbons (Fsp3) is 0.286. The summed E-state index contributed by atoms with van der Waals surface area (Å²) in [5.41, 5.74) is 10.7. The summed E-state index contributed by atoms with van der Waals surface area (Å²) in [5, 5.41) is 0. The molecule has 166 valence electrons. The molecule has 0 aliphatic rings. The molecule has 0 saturated carbocycles. The van der Waals surface area contributed by atoms with Crippen molar-refractivity contribution in [3.05, 3.63) is 95.6 Å². The largest absolute Gasteiger partial charge is 0.340 e. The maximum Gasteiger partial charge on any atom is 0.236 e. The van der Waals surface area contributed by atoms with Crippen LogP contribution in [0.15, 0.2) is 78.9 Å². The number of likely N-dealkylation sites (N-methyl/N-ethyl adjacent to an activating group) is 1. The Balaban J connectivity index is 1.50. The van der Waals surface area contributed by atoms with Gasteiger partial charge in [0, 0.05) is 25.6 Å². The molecular formula is C28H32N2O2. The second kappa shape index (κ2) is 12.0. The van der Waals surface area contributed by atoms with Crippen LogP contribution in [-0.4, -0.2) is 30.2 Å². The molecule has 0 heterocycles. The van der Waals surface area contributed by atoms with Gasteiger partial charge in [0.2, 0.25) is 5.91 Å². The number of ketones is 1. The average molecular weight is 429 g/mol. The summed E-state index contributed by atoms with van der Waals surface area (Å²) in [6.45, 7) is 0.531. The van der Waals surface area contributed by atoms with Crippen LogP contribution < -0.4 is 5.73 Å². The summed E-state index contributed by atoms with van der Waals surface area (Å²) in [6, 6.07) is 26.4. The van der Waals surface area contributed by atoms with Crippen LogP contribution in [0.1, 0.15) is 47.2 Å². The average Bonchev–Trinajstić information content (AvgIpc) is 2.84. The van der Waals surface area contributed by atoms with Crippen LogP contribution in [0, 0.1) is 0 Å². The highest BCUT2D eigenvalue weighted by molar-refractivity contribution is 5.96. The molecule has 1 amide bonds. The summed E-state index contributed by atoms with van der Waals surface area (Å²) >= 11 is 0. The van der Waals surface area contributed by atoms with Crippen molar-refractivity contribution >= 4 is 11.7 Å². The zero-order chi connectivity index (χ0) is 22.8. The highest BCUT2D eigenvalue weighted by Crippen LogP contribution is 2.22. The van der Waals surface area contributed by atoms with Crippen molar-refractivity contribution in [3.8, 4) is 11.1 Å². The number of hydrogen-bond acceptors (Lipinski definition) is 3. The van der Waals surface area contributed by atoms with Crippen LogP contribution >= 0.6 is 0 Å². The molecule has 32 heavy (non-hydrogen) atoms. The first-order chi connectivity index (χ1) is 15.6. The number of benzene rings is 3. The molecule has 0 unspecified atom stereocenters. The third-order valence-electron chi connectivity index (χ3n) is 5.70. The van der Waals surface area contributed by atoms with E-state index < -0.39 is 0 Å². The first-order valence-electron chi connectivity index (χ1n) is 11.3. The van der Waals surface area contributed by atoms with Gasteiger partial charge in [-0.15, -0.1) is 0 Å². The summed E-state index contributed by atoms with van der Waals surface area (Å²) in [5.74, 6) is 0.116. The molecule has 3 aromatic carbocycles. The van der Waals surface area contributed by atoms with Gasteiger partial charge < -0.3 is 10.6 Å². The quantitative estimate of drug-likeness (QED) is 0.335. The lowest BCUT2D eigenvalue weighted by atomic mass is 9.98. The molecule has 3 rings (SSSR count). The van der Waals surface area contributed by atoms with Crippen molar-refractivity contribution in [1.29, 1.82) is 0 Å². The maximum absolute atomic E-state index is 12.5. The van der Waals surface area contributed by atoms with E-state index in [0.717, 1.165) is 47.9 Å². The number of rotatable bonds is 11. The minimum absolute atomic E-state index is 0.0126. The fourth-order valence-corrected chi connectivity index (χ4v) is 3.80. The lowest BCUT2D eigenvalue weighted by Crippen LogP contribution is -2.32. The predicted molar refractivity (Wildman–Crippen MR) is 130 cm³/mol. The summed E-state index contributed by atoms with van der Waals surface area (Å²) in [4.78, 5) is 25.9. The van der Waals surface area contributed by atoms with E-state index in [0.29, 0.717) is 13.0 Å². The molecule has 0 fully saturated rings. The van der Waals surface area contributed by atoms with Crippen LogP contribution in [0.2, 0.25) is 0 Å². The second-order valence-electron chi connectivity index (χ2n) is 8.20. The highest BCUT2D eigenvalue weighted by atomic mass is 16.2. The Bertz CT molecular complexity index is 1010. The molecule has 0 aliphatic carbocycles. The first-order valence-corrected chi connectivity index (χ1v) is 11.3. The molecule has 0 saturated heterocycles. The van der Waals surface area contributed by atoms with Gasteiger partial charge in [-0.1, -0.05) is 79.2 Å². The van der Waals surface area contributed by atoms with Crippen LogP contribution in [0.3, 0.4) is 0 Å². The van der Waals surface area contributed by atoms with E-state index in [1.807, 2.05) is 48.5 Å². The summed E-state index contributed by atoms with van der Waals surface area (Å²) < 4.78 is 0. The third kappa shape index (κ3) is 6.89. The number of carbonyl (C=O) groups is 2. The molecule has 3 aromatic rings. The topological polar surface area (TPSA) is 63.4 Å². The SMILES string of the molecule is CN(Cc1cccc(-c2ccc(C(=O)CCCCCc3ccccc3)cc2)c1)C(=O)CN. The van der Waals surface area contributed by atoms with E-state index >= 15 is 0 Å². The van der Waals surface area contributed by atoms with Crippen LogP contribution in [0.4, 0.5) is 0 Å². The Morgan fingerprint density at radius 3 is 2.22 bits per heavy atom. The Morgan fingerprint density at radius 1 is 0.781 bits per heavy atom.